The highest BCUT2D eigenvalue weighted by Crippen LogP contribution is 2.24. The fourth-order valence-corrected chi connectivity index (χ4v) is 3.31. The van der Waals surface area contributed by atoms with E-state index in [0.717, 1.165) is 44.1 Å². The molecule has 2 heteroatoms. The minimum atomic E-state index is 0.856. The zero-order valence-electron chi connectivity index (χ0n) is 16.1. The predicted molar refractivity (Wildman–Crippen MR) is 122 cm³/mol. The normalized spacial score (nSPS) is 10.1. The Kier molecular flexibility index (Phi) is 4.67. The fraction of sp³-hybridized carbons (Fsp3) is 0. The topological polar surface area (TPSA) is 25.8 Å². The van der Waals surface area contributed by atoms with Gasteiger partial charge in [-0.1, -0.05) is 72.2 Å². The third kappa shape index (κ3) is 3.63. The molecule has 0 atom stereocenters. The van der Waals surface area contributed by atoms with E-state index in [9.17, 15) is 0 Å². The molecule has 3 aromatic carbocycles. The second kappa shape index (κ2) is 7.92. The second-order valence-electron chi connectivity index (χ2n) is 6.85. The van der Waals surface area contributed by atoms with Crippen LogP contribution in [-0.4, -0.2) is 9.97 Å². The van der Waals surface area contributed by atoms with Crippen molar-refractivity contribution in [3.63, 3.8) is 0 Å². The molecule has 2 heterocycles. The number of fused-ring (bicyclic) bond motifs is 3. The minimum absolute atomic E-state index is 0.856. The number of aromatic nitrogens is 2. The van der Waals surface area contributed by atoms with E-state index in [1.807, 2.05) is 72.9 Å². The Morgan fingerprint density at radius 2 is 1.20 bits per heavy atom. The first-order chi connectivity index (χ1) is 14.9. The molecule has 2 nitrogen and oxygen atoms in total. The maximum Gasteiger partial charge on any atom is 0.0977 e. The third-order valence-electron chi connectivity index (χ3n) is 4.80. The van der Waals surface area contributed by atoms with Gasteiger partial charge in [0, 0.05) is 45.4 Å². The summed E-state index contributed by atoms with van der Waals surface area (Å²) in [6, 6.07) is 28.1. The number of nitrogens with zero attached hydrogens (tertiary/aromatic N) is 2. The van der Waals surface area contributed by atoms with Crippen LogP contribution in [0.15, 0.2) is 97.3 Å². The Bertz CT molecular complexity index is 1480. The van der Waals surface area contributed by atoms with E-state index in [0.29, 0.717) is 0 Å². The lowest BCUT2D eigenvalue weighted by Crippen LogP contribution is -1.89. The summed E-state index contributed by atoms with van der Waals surface area (Å²) in [7, 11) is 0. The van der Waals surface area contributed by atoms with Crippen molar-refractivity contribution >= 4 is 21.8 Å². The molecule has 0 fully saturated rings. The van der Waals surface area contributed by atoms with Crippen molar-refractivity contribution < 1.29 is 0 Å². The summed E-state index contributed by atoms with van der Waals surface area (Å²) in [5.41, 5.74) is 5.52. The quantitative estimate of drug-likeness (QED) is 0.259. The van der Waals surface area contributed by atoms with Crippen LogP contribution in [0.4, 0.5) is 0 Å². The van der Waals surface area contributed by atoms with Crippen LogP contribution >= 0.6 is 0 Å². The largest absolute Gasteiger partial charge is 0.254 e. The summed E-state index contributed by atoms with van der Waals surface area (Å²) in [6.07, 6.45) is 3.60. The summed E-state index contributed by atoms with van der Waals surface area (Å²) >= 11 is 0. The maximum absolute atomic E-state index is 4.67. The highest BCUT2D eigenvalue weighted by molar-refractivity contribution is 6.04. The van der Waals surface area contributed by atoms with Crippen molar-refractivity contribution in [3.8, 4) is 23.7 Å². The van der Waals surface area contributed by atoms with Gasteiger partial charge in [-0.25, -0.2) is 0 Å². The van der Waals surface area contributed by atoms with Gasteiger partial charge in [0.2, 0.25) is 0 Å². The van der Waals surface area contributed by atoms with Crippen LogP contribution in [0.2, 0.25) is 0 Å². The maximum atomic E-state index is 4.67. The Morgan fingerprint density at radius 3 is 1.93 bits per heavy atom. The molecular formula is C28H16N2. The number of benzene rings is 3. The summed E-state index contributed by atoms with van der Waals surface area (Å²) in [6.45, 7) is 0. The summed E-state index contributed by atoms with van der Waals surface area (Å²) in [5.74, 6) is 12.9. The molecule has 0 unspecified atom stereocenters. The first-order valence-corrected chi connectivity index (χ1v) is 9.68. The zero-order valence-corrected chi connectivity index (χ0v) is 16.1. The first kappa shape index (κ1) is 17.7. The van der Waals surface area contributed by atoms with Crippen LogP contribution < -0.4 is 0 Å². The smallest absolute Gasteiger partial charge is 0.0977 e. The minimum Gasteiger partial charge on any atom is -0.254 e. The molecule has 30 heavy (non-hydrogen) atoms. The van der Waals surface area contributed by atoms with Gasteiger partial charge >= 0.3 is 0 Å². The summed E-state index contributed by atoms with van der Waals surface area (Å²) in [4.78, 5) is 9.25. The summed E-state index contributed by atoms with van der Waals surface area (Å²) in [5, 5.41) is 2.02. The lowest BCUT2D eigenvalue weighted by Gasteiger charge is -2.04. The van der Waals surface area contributed by atoms with E-state index in [1.54, 1.807) is 6.20 Å². The molecular weight excluding hydrogens is 364 g/mol. The highest BCUT2D eigenvalue weighted by atomic mass is 14.7. The van der Waals surface area contributed by atoms with E-state index >= 15 is 0 Å². The van der Waals surface area contributed by atoms with E-state index in [1.165, 1.54) is 0 Å². The van der Waals surface area contributed by atoms with Crippen LogP contribution in [0.1, 0.15) is 22.3 Å². The molecule has 0 aliphatic carbocycles. The molecule has 0 saturated heterocycles. The van der Waals surface area contributed by atoms with Crippen LogP contribution in [0.25, 0.3) is 21.8 Å². The lowest BCUT2D eigenvalue weighted by atomic mass is 10.0. The standard InChI is InChI=1S/C28H16N2/c1-3-7-21(8-4-1)11-12-23-19-25-15-16-26-24(14-13-22-9-5-2-6-10-22)17-18-29-28(26)27(25)30-20-23/h1-10,15-20H. The van der Waals surface area contributed by atoms with Crippen LogP contribution in [0.3, 0.4) is 0 Å². The fourth-order valence-electron chi connectivity index (χ4n) is 3.31. The molecule has 0 N–H and O–H groups in total. The van der Waals surface area contributed by atoms with Gasteiger partial charge in [0.1, 0.15) is 0 Å². The van der Waals surface area contributed by atoms with Crippen LogP contribution in [0.5, 0.6) is 0 Å². The van der Waals surface area contributed by atoms with E-state index in [2.05, 4.69) is 51.8 Å². The van der Waals surface area contributed by atoms with Crippen molar-refractivity contribution in [2.75, 3.05) is 0 Å². The van der Waals surface area contributed by atoms with Gasteiger partial charge in [0.15, 0.2) is 0 Å². The third-order valence-corrected chi connectivity index (χ3v) is 4.80. The van der Waals surface area contributed by atoms with E-state index < -0.39 is 0 Å². The van der Waals surface area contributed by atoms with Gasteiger partial charge in [-0.15, -0.1) is 0 Å². The Hall–Kier alpha value is -4.40. The molecule has 0 bridgehead atoms. The molecule has 0 amide bonds. The van der Waals surface area contributed by atoms with Crippen molar-refractivity contribution in [2.24, 2.45) is 0 Å². The molecule has 0 radical (unpaired) electrons. The number of pyridine rings is 2. The molecule has 5 rings (SSSR count). The zero-order chi connectivity index (χ0) is 20.2. The number of hydrogen-bond acceptors (Lipinski definition) is 2. The number of hydrogen-bond donors (Lipinski definition) is 0. The molecule has 0 aliphatic heterocycles. The van der Waals surface area contributed by atoms with Gasteiger partial charge in [-0.05, 0) is 36.4 Å². The van der Waals surface area contributed by atoms with Gasteiger partial charge in [-0.3, -0.25) is 9.97 Å². The van der Waals surface area contributed by atoms with Crippen molar-refractivity contribution in [1.82, 2.24) is 9.97 Å². The molecule has 138 valence electrons. The monoisotopic (exact) mass is 380 g/mol. The van der Waals surface area contributed by atoms with Gasteiger partial charge in [0.05, 0.1) is 11.0 Å². The summed E-state index contributed by atoms with van der Waals surface area (Å²) < 4.78 is 0. The van der Waals surface area contributed by atoms with E-state index in [4.69, 9.17) is 0 Å². The Morgan fingerprint density at radius 1 is 0.533 bits per heavy atom. The van der Waals surface area contributed by atoms with Gasteiger partial charge in [-0.2, -0.15) is 0 Å². The molecule has 5 aromatic rings. The Balaban J connectivity index is 1.56. The van der Waals surface area contributed by atoms with E-state index in [-0.39, 0.29) is 0 Å². The predicted octanol–water partition coefficient (Wildman–Crippen LogP) is 5.58. The SMILES string of the molecule is C(#Cc1cnc2c(ccc3c(C#Cc4ccccc4)ccnc32)c1)c1ccccc1. The first-order valence-electron chi connectivity index (χ1n) is 9.68. The van der Waals surface area contributed by atoms with Crippen molar-refractivity contribution in [1.29, 1.82) is 0 Å². The van der Waals surface area contributed by atoms with Crippen LogP contribution in [-0.2, 0) is 0 Å². The lowest BCUT2D eigenvalue weighted by molar-refractivity contribution is 1.36. The molecule has 0 saturated carbocycles. The number of rotatable bonds is 0. The van der Waals surface area contributed by atoms with Crippen molar-refractivity contribution in [2.45, 2.75) is 0 Å². The van der Waals surface area contributed by atoms with Gasteiger partial charge in [0.25, 0.3) is 0 Å². The molecule has 2 aromatic heterocycles. The van der Waals surface area contributed by atoms with Gasteiger partial charge < -0.3 is 0 Å². The highest BCUT2D eigenvalue weighted by Gasteiger charge is 2.06. The van der Waals surface area contributed by atoms with Crippen LogP contribution in [0, 0.1) is 23.7 Å². The molecule has 0 aliphatic rings. The average molecular weight is 380 g/mol. The molecule has 0 spiro atoms. The average Bonchev–Trinajstić information content (AvgIpc) is 2.82. The Labute approximate surface area is 175 Å². The van der Waals surface area contributed by atoms with Crippen molar-refractivity contribution in [3.05, 3.63) is 120 Å². The second-order valence-corrected chi connectivity index (χ2v) is 6.85.